The van der Waals surface area contributed by atoms with Gasteiger partial charge in [0.15, 0.2) is 0 Å². The fraction of sp³-hybridized carbons (Fsp3) is 0.688. The summed E-state index contributed by atoms with van der Waals surface area (Å²) in [5, 5.41) is 8.90. The molecule has 3 unspecified atom stereocenters. The molecule has 3 heterocycles. The van der Waals surface area contributed by atoms with Crippen LogP contribution in [0.1, 0.15) is 19.8 Å². The van der Waals surface area contributed by atoms with Crippen LogP contribution in [0.5, 0.6) is 5.88 Å². The fourth-order valence-electron chi connectivity index (χ4n) is 4.03. The fourth-order valence-corrected chi connectivity index (χ4v) is 4.03. The maximum Gasteiger partial charge on any atom is 0.574 e. The number of fused-ring (bicyclic) bond motifs is 1. The molecule has 1 N–H and O–H groups in total. The van der Waals surface area contributed by atoms with Gasteiger partial charge in [-0.2, -0.15) is 9.97 Å². The largest absolute Gasteiger partial charge is 0.574 e. The number of anilines is 2. The lowest BCUT2D eigenvalue weighted by molar-refractivity contribution is -0.276. The van der Waals surface area contributed by atoms with Crippen molar-refractivity contribution in [2.75, 3.05) is 29.4 Å². The molecule has 142 valence electrons. The molecule has 3 aliphatic rings. The number of aliphatic carboxylic acids is 1. The van der Waals surface area contributed by atoms with E-state index < -0.39 is 18.2 Å². The van der Waals surface area contributed by atoms with E-state index in [1.54, 1.807) is 0 Å². The lowest BCUT2D eigenvalue weighted by Crippen LogP contribution is -2.46. The van der Waals surface area contributed by atoms with Crippen molar-refractivity contribution in [1.82, 2.24) is 9.97 Å². The van der Waals surface area contributed by atoms with E-state index in [4.69, 9.17) is 5.11 Å². The van der Waals surface area contributed by atoms with Crippen molar-refractivity contribution in [2.45, 2.75) is 32.2 Å². The molecule has 0 amide bonds. The first-order valence-corrected chi connectivity index (χ1v) is 8.59. The van der Waals surface area contributed by atoms with Gasteiger partial charge in [0, 0.05) is 38.2 Å². The van der Waals surface area contributed by atoms with Crippen LogP contribution in [0, 0.1) is 17.8 Å². The van der Waals surface area contributed by atoms with Crippen LogP contribution in [0.3, 0.4) is 0 Å². The molecule has 1 aromatic rings. The summed E-state index contributed by atoms with van der Waals surface area (Å²) in [6, 6.07) is 1.43. The van der Waals surface area contributed by atoms with Crippen LogP contribution in [0.2, 0.25) is 0 Å². The van der Waals surface area contributed by atoms with Crippen LogP contribution in [0.25, 0.3) is 0 Å². The number of hydrogen-bond acceptors (Lipinski definition) is 6. The first-order valence-electron chi connectivity index (χ1n) is 8.59. The maximum absolute atomic E-state index is 12.6. The number of ether oxygens (including phenoxy) is 1. The number of carboxylic acids is 1. The molecule has 2 aliphatic heterocycles. The predicted octanol–water partition coefficient (Wildman–Crippen LogP) is 2.13. The van der Waals surface area contributed by atoms with Gasteiger partial charge >= 0.3 is 12.3 Å². The van der Waals surface area contributed by atoms with Gasteiger partial charge in [0.1, 0.15) is 5.82 Å². The average molecular weight is 372 g/mol. The second kappa shape index (κ2) is 5.88. The smallest absolute Gasteiger partial charge is 0.481 e. The van der Waals surface area contributed by atoms with Crippen LogP contribution in [0.4, 0.5) is 24.9 Å². The molecule has 1 aromatic heterocycles. The molecular formula is C16H19F3N4O3. The van der Waals surface area contributed by atoms with Crippen LogP contribution < -0.4 is 14.5 Å². The second-order valence-corrected chi connectivity index (χ2v) is 7.24. The number of carboxylic acid groups (broad SMARTS) is 1. The number of rotatable bonds is 5. The average Bonchev–Trinajstić information content (AvgIpc) is 2.94. The Hall–Kier alpha value is -2.26. The van der Waals surface area contributed by atoms with Gasteiger partial charge in [-0.1, -0.05) is 0 Å². The van der Waals surface area contributed by atoms with E-state index in [0.29, 0.717) is 18.9 Å². The normalized spacial score (nSPS) is 30.0. The topological polar surface area (TPSA) is 78.8 Å². The van der Waals surface area contributed by atoms with Crippen molar-refractivity contribution in [3.05, 3.63) is 6.07 Å². The molecule has 4 rings (SSSR count). The molecule has 3 atom stereocenters. The number of hydrogen-bond donors (Lipinski definition) is 1. The Labute approximate surface area is 147 Å². The third-order valence-corrected chi connectivity index (χ3v) is 5.58. The lowest BCUT2D eigenvalue weighted by atomic mass is 10.1. The van der Waals surface area contributed by atoms with Gasteiger partial charge < -0.3 is 19.6 Å². The van der Waals surface area contributed by atoms with E-state index in [0.717, 1.165) is 13.0 Å². The highest BCUT2D eigenvalue weighted by Crippen LogP contribution is 2.54. The summed E-state index contributed by atoms with van der Waals surface area (Å²) < 4.78 is 41.9. The quantitative estimate of drug-likeness (QED) is 0.848. The van der Waals surface area contributed by atoms with E-state index >= 15 is 0 Å². The molecule has 1 aliphatic carbocycles. The highest BCUT2D eigenvalue weighted by atomic mass is 19.4. The predicted molar refractivity (Wildman–Crippen MR) is 85.1 cm³/mol. The van der Waals surface area contributed by atoms with Crippen molar-refractivity contribution >= 4 is 17.7 Å². The number of piperidine rings is 1. The Kier molecular flexibility index (Phi) is 3.89. The van der Waals surface area contributed by atoms with E-state index in [2.05, 4.69) is 14.7 Å². The Morgan fingerprint density at radius 2 is 2.04 bits per heavy atom. The van der Waals surface area contributed by atoms with Crippen molar-refractivity contribution in [1.29, 1.82) is 0 Å². The molecule has 7 nitrogen and oxygen atoms in total. The van der Waals surface area contributed by atoms with Crippen molar-refractivity contribution in [3.8, 4) is 5.88 Å². The minimum Gasteiger partial charge on any atom is -0.481 e. The standard InChI is InChI=1S/C16H19F3N4O3/c1-8-2-3-23(8)12-5-13(26-16(17,18)19)21-15(20-12)22-6-10-9(4-14(24)25)11(10)7-22/h5,8-11H,2-4,6-7H2,1H3,(H,24,25). The molecule has 1 saturated carbocycles. The van der Waals surface area contributed by atoms with Crippen LogP contribution in [0.15, 0.2) is 6.07 Å². The Bertz CT molecular complexity index is 717. The molecule has 0 radical (unpaired) electrons. The van der Waals surface area contributed by atoms with Crippen LogP contribution in [-0.4, -0.2) is 53.1 Å². The number of carbonyl (C=O) groups is 1. The minimum atomic E-state index is -4.82. The van der Waals surface area contributed by atoms with E-state index in [-0.39, 0.29) is 36.2 Å². The summed E-state index contributed by atoms with van der Waals surface area (Å²) in [5.41, 5.74) is 0. The number of halogens is 3. The summed E-state index contributed by atoms with van der Waals surface area (Å²) in [7, 11) is 0. The summed E-state index contributed by atoms with van der Waals surface area (Å²) in [5.74, 6) is -0.0614. The van der Waals surface area contributed by atoms with Gasteiger partial charge in [-0.15, -0.1) is 13.2 Å². The highest BCUT2D eigenvalue weighted by Gasteiger charge is 2.56. The molecule has 3 fully saturated rings. The molecule has 0 aromatic carbocycles. The summed E-state index contributed by atoms with van der Waals surface area (Å²) in [6.45, 7) is 3.84. The number of aromatic nitrogens is 2. The van der Waals surface area contributed by atoms with Crippen LogP contribution >= 0.6 is 0 Å². The second-order valence-electron chi connectivity index (χ2n) is 7.24. The minimum absolute atomic E-state index is 0.137. The monoisotopic (exact) mass is 372 g/mol. The SMILES string of the molecule is CC1CCN1c1cc(OC(F)(F)F)nc(N2CC3C(CC(=O)O)C3C2)n1. The first-order chi connectivity index (χ1) is 12.2. The number of alkyl halides is 3. The Morgan fingerprint density at radius 1 is 1.35 bits per heavy atom. The molecule has 10 heteroatoms. The summed E-state index contributed by atoms with van der Waals surface area (Å²) in [4.78, 5) is 22.9. The van der Waals surface area contributed by atoms with Crippen molar-refractivity contribution < 1.29 is 27.8 Å². The van der Waals surface area contributed by atoms with Crippen molar-refractivity contribution in [2.24, 2.45) is 17.8 Å². The van der Waals surface area contributed by atoms with Crippen LogP contribution in [-0.2, 0) is 4.79 Å². The van der Waals surface area contributed by atoms with Gasteiger partial charge in [-0.05, 0) is 31.1 Å². The zero-order chi connectivity index (χ0) is 18.6. The molecule has 26 heavy (non-hydrogen) atoms. The highest BCUT2D eigenvalue weighted by molar-refractivity contribution is 5.68. The first kappa shape index (κ1) is 17.2. The zero-order valence-electron chi connectivity index (χ0n) is 14.1. The third-order valence-electron chi connectivity index (χ3n) is 5.58. The van der Waals surface area contributed by atoms with Gasteiger partial charge in [0.05, 0.1) is 0 Å². The van der Waals surface area contributed by atoms with E-state index in [9.17, 15) is 18.0 Å². The Balaban J connectivity index is 1.53. The maximum atomic E-state index is 12.6. The summed E-state index contributed by atoms with van der Waals surface area (Å²) >= 11 is 0. The number of nitrogens with zero attached hydrogens (tertiary/aromatic N) is 4. The zero-order valence-corrected chi connectivity index (χ0v) is 14.1. The van der Waals surface area contributed by atoms with Gasteiger partial charge in [0.2, 0.25) is 11.8 Å². The van der Waals surface area contributed by atoms with Crippen molar-refractivity contribution in [3.63, 3.8) is 0 Å². The van der Waals surface area contributed by atoms with Gasteiger partial charge in [-0.3, -0.25) is 4.79 Å². The molecular weight excluding hydrogens is 353 g/mol. The van der Waals surface area contributed by atoms with E-state index in [1.165, 1.54) is 6.07 Å². The van der Waals surface area contributed by atoms with Gasteiger partial charge in [0.25, 0.3) is 0 Å². The third kappa shape index (κ3) is 3.24. The lowest BCUT2D eigenvalue weighted by Gasteiger charge is -2.40. The molecule has 2 saturated heterocycles. The summed E-state index contributed by atoms with van der Waals surface area (Å²) in [6.07, 6.45) is -3.72. The molecule has 0 spiro atoms. The van der Waals surface area contributed by atoms with Gasteiger partial charge in [-0.25, -0.2) is 0 Å². The van der Waals surface area contributed by atoms with E-state index in [1.807, 2.05) is 16.7 Å². The molecule has 0 bridgehead atoms. The Morgan fingerprint density at radius 3 is 2.54 bits per heavy atom.